The van der Waals surface area contributed by atoms with Gasteiger partial charge in [0.1, 0.15) is 12.6 Å². The zero-order chi connectivity index (χ0) is 25.2. The summed E-state index contributed by atoms with van der Waals surface area (Å²) in [5.74, 6) is -1.43. The van der Waals surface area contributed by atoms with Crippen molar-refractivity contribution < 1.29 is 32.6 Å². The van der Waals surface area contributed by atoms with Gasteiger partial charge in [-0.25, -0.2) is 9.59 Å². The number of alkyl halides is 3. The molecule has 0 unspecified atom stereocenters. The van der Waals surface area contributed by atoms with E-state index in [1.165, 1.54) is 19.2 Å². The minimum Gasteiger partial charge on any atom is -0.480 e. The lowest BCUT2D eigenvalue weighted by Gasteiger charge is -2.25. The van der Waals surface area contributed by atoms with Crippen molar-refractivity contribution in [2.75, 3.05) is 13.7 Å². The number of aryl methyl sites for hydroxylation is 1. The maximum Gasteiger partial charge on any atom is 0.416 e. The first kappa shape index (κ1) is 24.3. The van der Waals surface area contributed by atoms with E-state index < -0.39 is 29.8 Å². The first-order valence-electron chi connectivity index (χ1n) is 11.1. The number of halogens is 3. The van der Waals surface area contributed by atoms with E-state index >= 15 is 0 Å². The molecule has 8 heteroatoms. The summed E-state index contributed by atoms with van der Waals surface area (Å²) < 4.78 is 44.4. The molecule has 35 heavy (non-hydrogen) atoms. The van der Waals surface area contributed by atoms with Gasteiger partial charge in [0.25, 0.3) is 0 Å². The van der Waals surface area contributed by atoms with E-state index in [1.54, 1.807) is 0 Å². The molecule has 1 aliphatic carbocycles. The lowest BCUT2D eigenvalue weighted by atomic mass is 9.98. The van der Waals surface area contributed by atoms with Crippen molar-refractivity contribution in [3.8, 4) is 11.1 Å². The van der Waals surface area contributed by atoms with Gasteiger partial charge in [0, 0.05) is 13.0 Å². The zero-order valence-corrected chi connectivity index (χ0v) is 19.0. The molecular weight excluding hydrogens is 459 g/mol. The maximum absolute atomic E-state index is 13.0. The summed E-state index contributed by atoms with van der Waals surface area (Å²) in [6, 6.07) is 19.2. The predicted molar refractivity (Wildman–Crippen MR) is 124 cm³/mol. The Kier molecular flexibility index (Phi) is 6.82. The molecule has 0 radical (unpaired) electrons. The van der Waals surface area contributed by atoms with Crippen LogP contribution in [-0.2, 0) is 22.1 Å². The number of carboxylic acid groups (broad SMARTS) is 1. The SMILES string of the molecule is CN(C(=O)OCC1c2ccccc2-c2ccccc21)[C@@H](CCc1cccc(C(F)(F)F)c1)C(=O)O. The predicted octanol–water partition coefficient (Wildman–Crippen LogP) is 5.97. The maximum atomic E-state index is 13.0. The van der Waals surface area contributed by atoms with E-state index in [9.17, 15) is 27.9 Å². The van der Waals surface area contributed by atoms with Crippen molar-refractivity contribution in [3.63, 3.8) is 0 Å². The topological polar surface area (TPSA) is 66.8 Å². The van der Waals surface area contributed by atoms with Crippen LogP contribution in [0.2, 0.25) is 0 Å². The highest BCUT2D eigenvalue weighted by molar-refractivity contribution is 5.81. The van der Waals surface area contributed by atoms with E-state index in [1.807, 2.05) is 48.5 Å². The second-order valence-electron chi connectivity index (χ2n) is 8.51. The molecule has 182 valence electrons. The number of amides is 1. The molecular formula is C27H24F3NO4. The Morgan fingerprint density at radius 2 is 1.57 bits per heavy atom. The van der Waals surface area contributed by atoms with Crippen LogP contribution in [0.5, 0.6) is 0 Å². The number of carboxylic acids is 1. The third-order valence-electron chi connectivity index (χ3n) is 6.34. The summed E-state index contributed by atoms with van der Waals surface area (Å²) in [6.07, 6.45) is -5.29. The molecule has 1 aliphatic rings. The number of nitrogens with zero attached hydrogens (tertiary/aromatic N) is 1. The number of rotatable bonds is 7. The Morgan fingerprint density at radius 3 is 2.14 bits per heavy atom. The minimum absolute atomic E-state index is 0.0389. The molecule has 1 atom stereocenters. The minimum atomic E-state index is -4.49. The molecule has 4 rings (SSSR count). The quantitative estimate of drug-likeness (QED) is 0.450. The van der Waals surface area contributed by atoms with Crippen LogP contribution >= 0.6 is 0 Å². The van der Waals surface area contributed by atoms with Crippen LogP contribution in [0.15, 0.2) is 72.8 Å². The van der Waals surface area contributed by atoms with Gasteiger partial charge in [-0.3, -0.25) is 4.90 Å². The molecule has 0 bridgehead atoms. The standard InChI is InChI=1S/C27H24F3NO4/c1-31(24(25(32)33)14-13-17-7-6-8-18(15-17)27(28,29)30)26(34)35-16-23-21-11-4-2-9-19(21)20-10-3-5-12-22(20)23/h2-12,15,23-24H,13-14,16H2,1H3,(H,32,33)/t24-/m0/s1. The van der Waals surface area contributed by atoms with Crippen LogP contribution in [-0.4, -0.2) is 41.8 Å². The fraction of sp³-hybridized carbons (Fsp3) is 0.259. The van der Waals surface area contributed by atoms with Gasteiger partial charge in [-0.1, -0.05) is 66.7 Å². The van der Waals surface area contributed by atoms with Gasteiger partial charge >= 0.3 is 18.2 Å². The first-order chi connectivity index (χ1) is 16.7. The van der Waals surface area contributed by atoms with Crippen LogP contribution in [0.25, 0.3) is 11.1 Å². The lowest BCUT2D eigenvalue weighted by Crippen LogP contribution is -2.43. The van der Waals surface area contributed by atoms with Gasteiger partial charge in [0.05, 0.1) is 5.56 Å². The third-order valence-corrected chi connectivity index (χ3v) is 6.34. The van der Waals surface area contributed by atoms with Gasteiger partial charge in [-0.05, 0) is 46.7 Å². The fourth-order valence-corrected chi connectivity index (χ4v) is 4.51. The number of benzene rings is 3. The second kappa shape index (κ2) is 9.82. The summed E-state index contributed by atoms with van der Waals surface area (Å²) in [6.45, 7) is 0.0389. The number of hydrogen-bond donors (Lipinski definition) is 1. The summed E-state index contributed by atoms with van der Waals surface area (Å²) in [5, 5.41) is 9.67. The van der Waals surface area contributed by atoms with Crippen molar-refractivity contribution in [1.82, 2.24) is 4.90 Å². The van der Waals surface area contributed by atoms with Gasteiger partial charge < -0.3 is 9.84 Å². The van der Waals surface area contributed by atoms with Crippen LogP contribution in [0, 0.1) is 0 Å². The molecule has 5 nitrogen and oxygen atoms in total. The highest BCUT2D eigenvalue weighted by atomic mass is 19.4. The Hall–Kier alpha value is -3.81. The number of fused-ring (bicyclic) bond motifs is 3. The van der Waals surface area contributed by atoms with E-state index in [-0.39, 0.29) is 25.4 Å². The van der Waals surface area contributed by atoms with Gasteiger partial charge in [0.15, 0.2) is 0 Å². The molecule has 3 aromatic carbocycles. The number of aliphatic carboxylic acids is 1. The Morgan fingerprint density at radius 1 is 0.971 bits per heavy atom. The highest BCUT2D eigenvalue weighted by Gasteiger charge is 2.33. The summed E-state index contributed by atoms with van der Waals surface area (Å²) >= 11 is 0. The van der Waals surface area contributed by atoms with E-state index in [0.717, 1.165) is 39.3 Å². The number of carbonyl (C=O) groups excluding carboxylic acids is 1. The average molecular weight is 483 g/mol. The Labute approximate surface area is 200 Å². The Balaban J connectivity index is 1.42. The van der Waals surface area contributed by atoms with Crippen LogP contribution < -0.4 is 0 Å². The van der Waals surface area contributed by atoms with E-state index in [4.69, 9.17) is 4.74 Å². The molecule has 3 aromatic rings. The molecule has 0 fully saturated rings. The second-order valence-corrected chi connectivity index (χ2v) is 8.51. The molecule has 0 aromatic heterocycles. The number of hydrogen-bond acceptors (Lipinski definition) is 3. The van der Waals surface area contributed by atoms with Crippen molar-refractivity contribution >= 4 is 12.1 Å². The van der Waals surface area contributed by atoms with Gasteiger partial charge in [0.2, 0.25) is 0 Å². The lowest BCUT2D eigenvalue weighted by molar-refractivity contribution is -0.142. The van der Waals surface area contributed by atoms with Crippen molar-refractivity contribution in [1.29, 1.82) is 0 Å². The number of ether oxygens (including phenoxy) is 1. The molecule has 1 N–H and O–H groups in total. The van der Waals surface area contributed by atoms with Gasteiger partial charge in [-0.2, -0.15) is 13.2 Å². The summed E-state index contributed by atoms with van der Waals surface area (Å²) in [5.41, 5.74) is 3.75. The van der Waals surface area contributed by atoms with Crippen LogP contribution in [0.1, 0.15) is 34.6 Å². The van der Waals surface area contributed by atoms with Crippen molar-refractivity contribution in [2.45, 2.75) is 31.0 Å². The smallest absolute Gasteiger partial charge is 0.416 e. The fourth-order valence-electron chi connectivity index (χ4n) is 4.51. The van der Waals surface area contributed by atoms with Crippen LogP contribution in [0.4, 0.5) is 18.0 Å². The van der Waals surface area contributed by atoms with Gasteiger partial charge in [-0.15, -0.1) is 0 Å². The molecule has 0 aliphatic heterocycles. The molecule has 1 amide bonds. The first-order valence-corrected chi connectivity index (χ1v) is 11.1. The molecule has 0 spiro atoms. The van der Waals surface area contributed by atoms with Crippen LogP contribution in [0.3, 0.4) is 0 Å². The molecule has 0 saturated heterocycles. The number of likely N-dealkylation sites (N-methyl/N-ethyl adjacent to an activating group) is 1. The zero-order valence-electron chi connectivity index (χ0n) is 19.0. The van der Waals surface area contributed by atoms with Crippen molar-refractivity contribution in [2.24, 2.45) is 0 Å². The number of carbonyl (C=O) groups is 2. The summed E-state index contributed by atoms with van der Waals surface area (Å²) in [4.78, 5) is 25.6. The summed E-state index contributed by atoms with van der Waals surface area (Å²) in [7, 11) is 1.32. The Bertz CT molecular complexity index is 1200. The normalized spacial score (nSPS) is 13.6. The third kappa shape index (κ3) is 5.16. The average Bonchev–Trinajstić information content (AvgIpc) is 3.15. The molecule has 0 heterocycles. The highest BCUT2D eigenvalue weighted by Crippen LogP contribution is 2.44. The van der Waals surface area contributed by atoms with E-state index in [0.29, 0.717) is 5.56 Å². The largest absolute Gasteiger partial charge is 0.480 e. The molecule has 0 saturated carbocycles. The van der Waals surface area contributed by atoms with E-state index in [2.05, 4.69) is 0 Å². The van der Waals surface area contributed by atoms with Crippen molar-refractivity contribution in [3.05, 3.63) is 95.1 Å². The monoisotopic (exact) mass is 483 g/mol.